The Morgan fingerprint density at radius 1 is 0.830 bits per heavy atom. The largest absolute Gasteiger partial charge is 0.464 e. The molecule has 0 saturated heterocycles. The molecule has 2 aliphatic heterocycles. The molecule has 0 saturated carbocycles. The number of benzene rings is 3. The van der Waals surface area contributed by atoms with Crippen LogP contribution in [0.3, 0.4) is 0 Å². The first-order valence-corrected chi connectivity index (χ1v) is 15.4. The van der Waals surface area contributed by atoms with E-state index in [1.54, 1.807) is 29.1 Å². The van der Waals surface area contributed by atoms with Crippen LogP contribution in [0.1, 0.15) is 42.3 Å². The highest BCUT2D eigenvalue weighted by atomic mass is 16.6. The van der Waals surface area contributed by atoms with Crippen LogP contribution in [-0.2, 0) is 33.5 Å². The van der Waals surface area contributed by atoms with Gasteiger partial charge in [-0.1, -0.05) is 12.1 Å². The lowest BCUT2D eigenvalue weighted by molar-refractivity contribution is -0.384. The molecule has 3 aromatic carbocycles. The van der Waals surface area contributed by atoms with Gasteiger partial charge in [-0.3, -0.25) is 24.0 Å². The molecule has 2 N–H and O–H groups in total. The summed E-state index contributed by atoms with van der Waals surface area (Å²) < 4.78 is 14.2. The van der Waals surface area contributed by atoms with Crippen LogP contribution in [0, 0.1) is 10.1 Å². The maximum absolute atomic E-state index is 13.9. The fourth-order valence-corrected chi connectivity index (χ4v) is 6.43. The van der Waals surface area contributed by atoms with Crippen molar-refractivity contribution in [3.63, 3.8) is 0 Å². The number of nitro groups is 1. The Kier molecular flexibility index (Phi) is 7.22. The van der Waals surface area contributed by atoms with Crippen molar-refractivity contribution in [1.29, 1.82) is 0 Å². The first kappa shape index (κ1) is 30.0. The Labute approximate surface area is 269 Å². The molecule has 2 aromatic heterocycles. The molecule has 5 aromatic rings. The number of ether oxygens (including phenoxy) is 2. The van der Waals surface area contributed by atoms with Gasteiger partial charge in [-0.05, 0) is 73.9 Å². The van der Waals surface area contributed by atoms with Crippen molar-refractivity contribution in [2.75, 3.05) is 17.2 Å². The van der Waals surface area contributed by atoms with Crippen LogP contribution in [-0.4, -0.2) is 56.3 Å². The van der Waals surface area contributed by atoms with E-state index in [1.165, 1.54) is 16.7 Å². The number of esters is 1. The summed E-state index contributed by atoms with van der Waals surface area (Å²) in [4.78, 5) is 49.9. The van der Waals surface area contributed by atoms with Gasteiger partial charge in [0.05, 0.1) is 22.6 Å². The molecule has 0 bridgehead atoms. The maximum atomic E-state index is 13.9. The lowest BCUT2D eigenvalue weighted by Gasteiger charge is -2.19. The number of hydrogen-bond donors (Lipinski definition) is 2. The van der Waals surface area contributed by atoms with E-state index in [-0.39, 0.29) is 24.2 Å². The summed E-state index contributed by atoms with van der Waals surface area (Å²) in [5, 5.41) is 19.3. The summed E-state index contributed by atoms with van der Waals surface area (Å²) >= 11 is 0. The Balaban J connectivity index is 1.02. The van der Waals surface area contributed by atoms with Crippen LogP contribution >= 0.6 is 0 Å². The van der Waals surface area contributed by atoms with Crippen molar-refractivity contribution >= 4 is 56.8 Å². The summed E-state index contributed by atoms with van der Waals surface area (Å²) in [7, 11) is 0. The van der Waals surface area contributed by atoms with Crippen LogP contribution in [0.5, 0.6) is 0 Å². The second-order valence-corrected chi connectivity index (χ2v) is 12.9. The highest BCUT2D eigenvalue weighted by molar-refractivity contribution is 6.03. The van der Waals surface area contributed by atoms with E-state index in [9.17, 15) is 24.5 Å². The van der Waals surface area contributed by atoms with Gasteiger partial charge in [-0.25, -0.2) is 9.59 Å². The van der Waals surface area contributed by atoms with Gasteiger partial charge in [0.1, 0.15) is 17.7 Å². The summed E-state index contributed by atoms with van der Waals surface area (Å²) in [6.45, 7) is 5.63. The Hall–Kier alpha value is -5.65. The molecule has 12 nitrogen and oxygen atoms in total. The van der Waals surface area contributed by atoms with Gasteiger partial charge in [0.25, 0.3) is 11.6 Å². The molecule has 4 heterocycles. The fraction of sp³-hybridized carbons (Fsp3) is 0.286. The number of carbonyl (C=O) groups is 3. The highest BCUT2D eigenvalue weighted by Crippen LogP contribution is 2.37. The number of nitrogens with one attached hydrogen (secondary N) is 2. The SMILES string of the molecule is CC(C)(C)OC(=O)n1ccc2c3c(ccc21)NC(C(=O)n1ccc2c4c(ccc21)NC(C(=O)OCCc1ccc([N+](=O)[O-])cc1)C4)C3. The van der Waals surface area contributed by atoms with Gasteiger partial charge in [-0.2, -0.15) is 0 Å². The molecule has 240 valence electrons. The van der Waals surface area contributed by atoms with E-state index in [4.69, 9.17) is 9.47 Å². The topological polar surface area (TPSA) is 147 Å². The molecule has 0 aliphatic carbocycles. The fourth-order valence-electron chi connectivity index (χ4n) is 6.43. The number of carbonyl (C=O) groups excluding carboxylic acids is 3. The molecule has 2 aliphatic rings. The average Bonchev–Trinajstić information content (AvgIpc) is 3.82. The summed E-state index contributed by atoms with van der Waals surface area (Å²) in [6.07, 6.45) is 4.33. The minimum Gasteiger partial charge on any atom is -0.464 e. The van der Waals surface area contributed by atoms with E-state index < -0.39 is 28.7 Å². The van der Waals surface area contributed by atoms with Crippen molar-refractivity contribution in [3.05, 3.63) is 99.9 Å². The lowest BCUT2D eigenvalue weighted by Crippen LogP contribution is -2.31. The van der Waals surface area contributed by atoms with Crippen molar-refractivity contribution in [1.82, 2.24) is 9.13 Å². The van der Waals surface area contributed by atoms with E-state index in [2.05, 4.69) is 10.6 Å². The molecule has 2 unspecified atom stereocenters. The number of hydrogen-bond acceptors (Lipinski definition) is 9. The molecule has 0 spiro atoms. The zero-order chi connectivity index (χ0) is 33.0. The van der Waals surface area contributed by atoms with Crippen molar-refractivity contribution in [2.45, 2.75) is 57.7 Å². The highest BCUT2D eigenvalue weighted by Gasteiger charge is 2.33. The quantitative estimate of drug-likeness (QED) is 0.129. The monoisotopic (exact) mass is 635 g/mol. The smallest absolute Gasteiger partial charge is 0.418 e. The maximum Gasteiger partial charge on any atom is 0.418 e. The first-order chi connectivity index (χ1) is 22.5. The van der Waals surface area contributed by atoms with E-state index in [0.717, 1.165) is 49.9 Å². The molecular weight excluding hydrogens is 602 g/mol. The van der Waals surface area contributed by atoms with Gasteiger partial charge >= 0.3 is 12.1 Å². The number of anilines is 2. The van der Waals surface area contributed by atoms with E-state index >= 15 is 0 Å². The van der Waals surface area contributed by atoms with Gasteiger partial charge < -0.3 is 20.1 Å². The van der Waals surface area contributed by atoms with E-state index in [0.29, 0.717) is 19.3 Å². The molecule has 47 heavy (non-hydrogen) atoms. The van der Waals surface area contributed by atoms with Gasteiger partial charge in [0, 0.05) is 65.9 Å². The van der Waals surface area contributed by atoms with E-state index in [1.807, 2.05) is 57.2 Å². The third-order valence-corrected chi connectivity index (χ3v) is 8.64. The Morgan fingerprint density at radius 2 is 1.40 bits per heavy atom. The number of non-ortho nitro benzene ring substituents is 1. The molecule has 7 rings (SSSR count). The van der Waals surface area contributed by atoms with Crippen molar-refractivity contribution in [2.24, 2.45) is 0 Å². The van der Waals surface area contributed by atoms with Crippen LogP contribution in [0.2, 0.25) is 0 Å². The standard InChI is InChI=1S/C35H33N5O7/c1-35(2,3)47-34(43)39-16-13-23-24-18-28(36-26(24)9-11-31(23)39)32(41)38-15-12-22-25-19-29(37-27(25)8-10-30(22)38)33(42)46-17-14-20-4-6-21(7-5-20)40(44)45/h4-13,15-16,28-29,36-37H,14,17-19H2,1-3H3. The predicted octanol–water partition coefficient (Wildman–Crippen LogP) is 6.09. The van der Waals surface area contributed by atoms with Crippen molar-refractivity contribution in [3.8, 4) is 0 Å². The lowest BCUT2D eigenvalue weighted by atomic mass is 10.0. The second kappa shape index (κ2) is 11.3. The number of aromatic nitrogens is 2. The average molecular weight is 636 g/mol. The second-order valence-electron chi connectivity index (χ2n) is 12.9. The molecule has 0 radical (unpaired) electrons. The summed E-state index contributed by atoms with van der Waals surface area (Å²) in [5.41, 5.74) is 5.29. The third kappa shape index (κ3) is 5.56. The summed E-state index contributed by atoms with van der Waals surface area (Å²) in [5.74, 6) is -0.490. The molecule has 0 amide bonds. The van der Waals surface area contributed by atoms with Crippen LogP contribution in [0.4, 0.5) is 21.9 Å². The predicted molar refractivity (Wildman–Crippen MR) is 176 cm³/mol. The first-order valence-electron chi connectivity index (χ1n) is 15.4. The molecule has 0 fully saturated rings. The molecular formula is C35H33N5O7. The minimum absolute atomic E-state index is 0.0129. The van der Waals surface area contributed by atoms with Crippen LogP contribution in [0.15, 0.2) is 73.1 Å². The van der Waals surface area contributed by atoms with Gasteiger partial charge in [0.2, 0.25) is 0 Å². The zero-order valence-corrected chi connectivity index (χ0v) is 26.1. The number of rotatable bonds is 6. The number of nitro benzene ring substituents is 1. The number of nitrogens with zero attached hydrogens (tertiary/aromatic N) is 3. The summed E-state index contributed by atoms with van der Waals surface area (Å²) in [6, 6.07) is 16.4. The van der Waals surface area contributed by atoms with Gasteiger partial charge in [-0.15, -0.1) is 0 Å². The Morgan fingerprint density at radius 3 is 2.02 bits per heavy atom. The normalized spacial score (nSPS) is 16.7. The molecule has 12 heteroatoms. The third-order valence-electron chi connectivity index (χ3n) is 8.64. The minimum atomic E-state index is -0.623. The Bertz CT molecular complexity index is 2090. The molecule has 2 atom stereocenters. The van der Waals surface area contributed by atoms with Gasteiger partial charge in [0.15, 0.2) is 0 Å². The zero-order valence-electron chi connectivity index (χ0n) is 26.1. The van der Waals surface area contributed by atoms with Crippen LogP contribution < -0.4 is 10.6 Å². The van der Waals surface area contributed by atoms with Crippen LogP contribution in [0.25, 0.3) is 21.8 Å². The van der Waals surface area contributed by atoms with Crippen molar-refractivity contribution < 1.29 is 28.8 Å². The number of fused-ring (bicyclic) bond motifs is 6.